The van der Waals surface area contributed by atoms with Gasteiger partial charge in [0.25, 0.3) is 0 Å². The van der Waals surface area contributed by atoms with Crippen LogP contribution in [0, 0.1) is 0 Å². The number of benzene rings is 2. The molecule has 6 heteroatoms. The van der Waals surface area contributed by atoms with Crippen LogP contribution < -0.4 is 10.1 Å². The largest absolute Gasteiger partial charge is 0.457 e. The first-order chi connectivity index (χ1) is 15.2. The number of aromatic nitrogens is 2. The molecule has 0 saturated heterocycles. The maximum absolute atomic E-state index is 11.7. The van der Waals surface area contributed by atoms with Gasteiger partial charge >= 0.3 is 0 Å². The number of carbonyl (C=O) groups is 1. The van der Waals surface area contributed by atoms with Crippen molar-refractivity contribution in [3.8, 4) is 11.5 Å². The number of thiazole rings is 1. The molecule has 1 amide bonds. The molecule has 1 saturated carbocycles. The summed E-state index contributed by atoms with van der Waals surface area (Å²) in [5.74, 6) is 2.98. The minimum atomic E-state index is 0.00269. The first-order valence-corrected chi connectivity index (χ1v) is 11.2. The number of fused-ring (bicyclic) bond motifs is 5. The second-order valence-corrected chi connectivity index (χ2v) is 9.26. The van der Waals surface area contributed by atoms with Crippen molar-refractivity contribution in [2.75, 3.05) is 5.32 Å². The fourth-order valence-corrected chi connectivity index (χ4v) is 5.94. The normalized spacial score (nSPS) is 20.5. The highest BCUT2D eigenvalue weighted by molar-refractivity contribution is 7.18. The van der Waals surface area contributed by atoms with E-state index in [0.29, 0.717) is 30.5 Å². The Bertz CT molecular complexity index is 1400. The number of anilines is 1. The monoisotopic (exact) mass is 423 g/mol. The molecule has 2 atom stereocenters. The van der Waals surface area contributed by atoms with Gasteiger partial charge < -0.3 is 10.1 Å². The van der Waals surface area contributed by atoms with Gasteiger partial charge in [-0.05, 0) is 47.9 Å². The van der Waals surface area contributed by atoms with Crippen molar-refractivity contribution < 1.29 is 9.53 Å². The van der Waals surface area contributed by atoms with E-state index in [1.807, 2.05) is 18.2 Å². The number of ether oxygens (including phenoxy) is 1. The van der Waals surface area contributed by atoms with Crippen molar-refractivity contribution in [3.05, 3.63) is 82.0 Å². The average Bonchev–Trinajstić information content (AvgIpc) is 3.13. The lowest BCUT2D eigenvalue weighted by Gasteiger charge is -2.19. The number of carbonyl (C=O) groups excluding carboxylic acids is 1. The number of hydrogen-bond donors (Lipinski definition) is 1. The quantitative estimate of drug-likeness (QED) is 0.463. The molecule has 150 valence electrons. The topological polar surface area (TPSA) is 64.1 Å². The van der Waals surface area contributed by atoms with E-state index >= 15 is 0 Å². The van der Waals surface area contributed by atoms with E-state index in [1.54, 1.807) is 17.5 Å². The third-order valence-electron chi connectivity index (χ3n) is 6.33. The molecule has 5 nitrogen and oxygen atoms in total. The van der Waals surface area contributed by atoms with Crippen molar-refractivity contribution in [3.63, 3.8) is 0 Å². The summed E-state index contributed by atoms with van der Waals surface area (Å²) in [5.41, 5.74) is 6.08. The molecule has 0 spiro atoms. The molecular formula is C25H17N3O2S. The van der Waals surface area contributed by atoms with E-state index < -0.39 is 0 Å². The zero-order valence-electron chi connectivity index (χ0n) is 16.5. The fraction of sp³-hybridized carbons (Fsp3) is 0.160. The molecule has 7 rings (SSSR count). The molecule has 4 aromatic rings. The molecule has 3 heterocycles. The summed E-state index contributed by atoms with van der Waals surface area (Å²) in [7, 11) is 0. The highest BCUT2D eigenvalue weighted by atomic mass is 32.1. The molecular weight excluding hydrogens is 406 g/mol. The predicted octanol–water partition coefficient (Wildman–Crippen LogP) is 5.65. The predicted molar refractivity (Wildman–Crippen MR) is 121 cm³/mol. The van der Waals surface area contributed by atoms with E-state index in [9.17, 15) is 4.79 Å². The Morgan fingerprint density at radius 1 is 1.06 bits per heavy atom. The highest BCUT2D eigenvalue weighted by Gasteiger charge is 2.51. The smallest absolute Gasteiger partial charge is 0.225 e. The number of nitrogens with zero attached hydrogens (tertiary/aromatic N) is 2. The van der Waals surface area contributed by atoms with Gasteiger partial charge in [0.1, 0.15) is 22.3 Å². The summed E-state index contributed by atoms with van der Waals surface area (Å²) < 4.78 is 7.51. The summed E-state index contributed by atoms with van der Waals surface area (Å²) in [6, 6.07) is 16.5. The van der Waals surface area contributed by atoms with Crippen LogP contribution in [0.3, 0.4) is 0 Å². The summed E-state index contributed by atoms with van der Waals surface area (Å²) in [6.45, 7) is 0. The first kappa shape index (κ1) is 17.2. The van der Waals surface area contributed by atoms with Gasteiger partial charge in [-0.3, -0.25) is 4.79 Å². The number of amides is 1. The van der Waals surface area contributed by atoms with E-state index in [1.165, 1.54) is 26.4 Å². The maximum Gasteiger partial charge on any atom is 0.225 e. The number of pyridine rings is 1. The van der Waals surface area contributed by atoms with E-state index in [0.717, 1.165) is 22.6 Å². The third-order valence-corrected chi connectivity index (χ3v) is 7.45. The second kappa shape index (κ2) is 6.25. The van der Waals surface area contributed by atoms with Crippen LogP contribution in [0.25, 0.3) is 16.3 Å². The van der Waals surface area contributed by atoms with Crippen molar-refractivity contribution in [2.24, 2.45) is 0 Å². The van der Waals surface area contributed by atoms with E-state index in [4.69, 9.17) is 9.72 Å². The molecule has 2 unspecified atom stereocenters. The van der Waals surface area contributed by atoms with Crippen molar-refractivity contribution in [1.29, 1.82) is 0 Å². The number of nitrogens with one attached hydrogen (secondary N) is 1. The molecule has 31 heavy (non-hydrogen) atoms. The summed E-state index contributed by atoms with van der Waals surface area (Å²) in [6.07, 6.45) is 5.09. The number of para-hydroxylation sites is 1. The Morgan fingerprint density at radius 2 is 2.00 bits per heavy atom. The molecule has 1 N–H and O–H groups in total. The van der Waals surface area contributed by atoms with Gasteiger partial charge in [0.05, 0.1) is 10.2 Å². The van der Waals surface area contributed by atoms with Gasteiger partial charge in [0.15, 0.2) is 0 Å². The third kappa shape index (κ3) is 2.65. The lowest BCUT2D eigenvalue weighted by molar-refractivity contribution is -0.116. The van der Waals surface area contributed by atoms with Crippen LogP contribution in [-0.4, -0.2) is 15.9 Å². The molecule has 2 aromatic carbocycles. The van der Waals surface area contributed by atoms with Crippen LogP contribution in [0.1, 0.15) is 40.0 Å². The van der Waals surface area contributed by atoms with Gasteiger partial charge in [0.2, 0.25) is 5.91 Å². The number of allylic oxidation sites excluding steroid dienone is 1. The summed E-state index contributed by atoms with van der Waals surface area (Å²) in [4.78, 5) is 20.8. The van der Waals surface area contributed by atoms with Gasteiger partial charge in [-0.1, -0.05) is 29.8 Å². The maximum atomic E-state index is 11.7. The molecule has 1 fully saturated rings. The highest BCUT2D eigenvalue weighted by Crippen LogP contribution is 2.66. The average molecular weight is 423 g/mol. The molecule has 3 aliphatic rings. The van der Waals surface area contributed by atoms with Crippen LogP contribution in [0.15, 0.2) is 60.3 Å². The summed E-state index contributed by atoms with van der Waals surface area (Å²) in [5, 5.41) is 4.03. The van der Waals surface area contributed by atoms with Crippen LogP contribution in [0.5, 0.6) is 11.5 Å². The fourth-order valence-electron chi connectivity index (χ4n) is 4.81. The number of rotatable bonds is 3. The van der Waals surface area contributed by atoms with E-state index in [2.05, 4.69) is 46.7 Å². The van der Waals surface area contributed by atoms with Gasteiger partial charge in [-0.25, -0.2) is 9.97 Å². The molecule has 2 aliphatic carbocycles. The Labute approximate surface area is 182 Å². The van der Waals surface area contributed by atoms with Crippen LogP contribution in [0.2, 0.25) is 0 Å². The standard InChI is InChI=1S/C25H17N3O2S/c29-21-8-7-15-19(9-10-26-24(15)28-21)30-14-6-5-13-11-17-22(16(13)12-14)23(17)25-27-18-3-1-2-4-20(18)31-25/h1-6,9-12,22-23H,7-8H2,(H,26,28,29). The van der Waals surface area contributed by atoms with E-state index in [-0.39, 0.29) is 5.91 Å². The van der Waals surface area contributed by atoms with Crippen molar-refractivity contribution in [1.82, 2.24) is 9.97 Å². The summed E-state index contributed by atoms with van der Waals surface area (Å²) >= 11 is 1.80. The van der Waals surface area contributed by atoms with Crippen molar-refractivity contribution in [2.45, 2.75) is 24.7 Å². The minimum Gasteiger partial charge on any atom is -0.457 e. The Morgan fingerprint density at radius 3 is 2.94 bits per heavy atom. The van der Waals surface area contributed by atoms with Gasteiger partial charge in [0, 0.05) is 30.0 Å². The first-order valence-electron chi connectivity index (χ1n) is 10.4. The Hall–Kier alpha value is -3.51. The van der Waals surface area contributed by atoms with Gasteiger partial charge in [-0.2, -0.15) is 0 Å². The van der Waals surface area contributed by atoms with Gasteiger partial charge in [-0.15, -0.1) is 11.3 Å². The van der Waals surface area contributed by atoms with Crippen LogP contribution >= 0.6 is 11.3 Å². The van der Waals surface area contributed by atoms with Crippen LogP contribution in [-0.2, 0) is 11.2 Å². The van der Waals surface area contributed by atoms with Crippen LogP contribution in [0.4, 0.5) is 5.82 Å². The molecule has 0 bridgehead atoms. The molecule has 2 aromatic heterocycles. The lowest BCUT2D eigenvalue weighted by Crippen LogP contribution is -2.20. The Kier molecular flexibility index (Phi) is 3.47. The second-order valence-electron chi connectivity index (χ2n) is 8.20. The molecule has 0 radical (unpaired) electrons. The van der Waals surface area contributed by atoms with Crippen molar-refractivity contribution >= 4 is 39.4 Å². The Balaban J connectivity index is 1.19. The SMILES string of the molecule is O=C1CCc2c(Oc3ccc4c(c3)C3C(=C4)C3c3nc4ccccc4s3)ccnc2N1. The zero-order valence-corrected chi connectivity index (χ0v) is 17.3. The minimum absolute atomic E-state index is 0.00269. The lowest BCUT2D eigenvalue weighted by atomic mass is 10.0. The number of hydrogen-bond acceptors (Lipinski definition) is 5. The molecule has 1 aliphatic heterocycles. The zero-order chi connectivity index (χ0) is 20.5.